The van der Waals surface area contributed by atoms with Gasteiger partial charge in [0.25, 0.3) is 0 Å². The summed E-state index contributed by atoms with van der Waals surface area (Å²) in [4.78, 5) is 22.4. The van der Waals surface area contributed by atoms with Gasteiger partial charge in [0, 0.05) is 48.8 Å². The average Bonchev–Trinajstić information content (AvgIpc) is 3.27. The van der Waals surface area contributed by atoms with Crippen LogP contribution in [0.15, 0.2) is 35.5 Å². The molecule has 2 bridgehead atoms. The van der Waals surface area contributed by atoms with Gasteiger partial charge in [-0.25, -0.2) is 4.79 Å². The number of ether oxygens (including phenoxy) is 1. The van der Waals surface area contributed by atoms with Gasteiger partial charge in [0.15, 0.2) is 5.96 Å². The van der Waals surface area contributed by atoms with E-state index in [0.717, 1.165) is 51.0 Å². The first-order valence-electron chi connectivity index (χ1n) is 11.9. The molecule has 0 saturated carbocycles. The first-order chi connectivity index (χ1) is 15.3. The third-order valence-corrected chi connectivity index (χ3v) is 6.49. The van der Waals surface area contributed by atoms with Crippen LogP contribution in [0.5, 0.6) is 0 Å². The van der Waals surface area contributed by atoms with Crippen LogP contribution in [0, 0.1) is 0 Å². The first-order valence-corrected chi connectivity index (χ1v) is 11.9. The maximum absolute atomic E-state index is 12.7. The number of carbonyl (C=O) groups is 1. The van der Waals surface area contributed by atoms with E-state index in [4.69, 9.17) is 4.74 Å². The Morgan fingerprint density at radius 1 is 1.21 bits per heavy atom. The summed E-state index contributed by atoms with van der Waals surface area (Å²) in [6.45, 7) is 6.64. The van der Waals surface area contributed by atoms with Gasteiger partial charge in [0.2, 0.25) is 0 Å². The van der Waals surface area contributed by atoms with E-state index in [1.165, 1.54) is 16.5 Å². The number of H-pyrrole nitrogens is 1. The number of halogens is 1. The van der Waals surface area contributed by atoms with Crippen molar-refractivity contribution in [1.29, 1.82) is 0 Å². The Labute approximate surface area is 214 Å². The van der Waals surface area contributed by atoms with Crippen molar-refractivity contribution < 1.29 is 9.53 Å². The van der Waals surface area contributed by atoms with Gasteiger partial charge in [-0.2, -0.15) is 0 Å². The quantitative estimate of drug-likeness (QED) is 0.210. The number of guanidine groups is 1. The highest BCUT2D eigenvalue weighted by Crippen LogP contribution is 2.36. The highest BCUT2D eigenvalue weighted by Gasteiger charge is 2.45. The third-order valence-electron chi connectivity index (χ3n) is 6.49. The Hall–Kier alpha value is -1.97. The van der Waals surface area contributed by atoms with Crippen LogP contribution in [0.2, 0.25) is 0 Å². The predicted molar refractivity (Wildman–Crippen MR) is 144 cm³/mol. The summed E-state index contributed by atoms with van der Waals surface area (Å²) in [6.07, 6.45) is 7.99. The van der Waals surface area contributed by atoms with Gasteiger partial charge in [0.05, 0.1) is 0 Å². The molecule has 2 atom stereocenters. The second-order valence-corrected chi connectivity index (χ2v) is 10.0. The normalized spacial score (nSPS) is 22.7. The molecule has 33 heavy (non-hydrogen) atoms. The van der Waals surface area contributed by atoms with Crippen LogP contribution in [0.4, 0.5) is 4.79 Å². The molecule has 1 amide bonds. The molecule has 182 valence electrons. The summed E-state index contributed by atoms with van der Waals surface area (Å²) in [5.74, 6) is 0.846. The highest BCUT2D eigenvalue weighted by atomic mass is 127. The lowest BCUT2D eigenvalue weighted by Crippen LogP contribution is -2.55. The number of para-hydroxylation sites is 1. The minimum absolute atomic E-state index is 0. The van der Waals surface area contributed by atoms with Gasteiger partial charge < -0.3 is 25.3 Å². The van der Waals surface area contributed by atoms with E-state index in [-0.39, 0.29) is 42.2 Å². The van der Waals surface area contributed by atoms with E-state index in [1.807, 2.05) is 32.7 Å². The number of piperidine rings is 1. The molecular formula is C25H38IN5O2. The SMILES string of the molecule is CN=C(NCCCc1c[nH]c2ccccc12)NC1CC2CCC(C1)N2C(=O)OC(C)(C)C.I. The number of hydrogen-bond acceptors (Lipinski definition) is 3. The van der Waals surface area contributed by atoms with Gasteiger partial charge in [-0.15, -0.1) is 24.0 Å². The fourth-order valence-electron chi connectivity index (χ4n) is 5.12. The number of benzene rings is 1. The van der Waals surface area contributed by atoms with Gasteiger partial charge in [0.1, 0.15) is 5.60 Å². The summed E-state index contributed by atoms with van der Waals surface area (Å²) < 4.78 is 5.65. The summed E-state index contributed by atoms with van der Waals surface area (Å²) >= 11 is 0. The largest absolute Gasteiger partial charge is 0.444 e. The van der Waals surface area contributed by atoms with Crippen molar-refractivity contribution in [2.45, 2.75) is 83.0 Å². The van der Waals surface area contributed by atoms with Crippen LogP contribution in [0.3, 0.4) is 0 Å². The molecule has 3 N–H and O–H groups in total. The molecule has 2 unspecified atom stereocenters. The van der Waals surface area contributed by atoms with Gasteiger partial charge in [-0.05, 0) is 70.9 Å². The number of nitrogens with zero attached hydrogens (tertiary/aromatic N) is 2. The molecule has 8 heteroatoms. The Bertz CT molecular complexity index is 953. The maximum atomic E-state index is 12.7. The summed E-state index contributed by atoms with van der Waals surface area (Å²) in [5.41, 5.74) is 2.10. The smallest absolute Gasteiger partial charge is 0.410 e. The number of carbonyl (C=O) groups excluding carboxylic acids is 1. The second-order valence-electron chi connectivity index (χ2n) is 10.0. The molecule has 3 heterocycles. The summed E-state index contributed by atoms with van der Waals surface area (Å²) in [5, 5.41) is 8.36. The first kappa shape index (κ1) is 25.6. The summed E-state index contributed by atoms with van der Waals surface area (Å²) in [7, 11) is 1.82. The molecule has 1 aromatic heterocycles. The van der Waals surface area contributed by atoms with Crippen LogP contribution in [0.25, 0.3) is 10.9 Å². The number of nitrogens with one attached hydrogen (secondary N) is 3. The molecule has 0 aliphatic carbocycles. The molecule has 7 nitrogen and oxygen atoms in total. The number of hydrogen-bond donors (Lipinski definition) is 3. The second kappa shape index (κ2) is 11.0. The number of fused-ring (bicyclic) bond motifs is 3. The Balaban J connectivity index is 0.00000306. The molecule has 0 radical (unpaired) electrons. The Morgan fingerprint density at radius 3 is 2.58 bits per heavy atom. The van der Waals surface area contributed by atoms with Crippen molar-refractivity contribution in [1.82, 2.24) is 20.5 Å². The van der Waals surface area contributed by atoms with E-state index in [2.05, 4.69) is 51.1 Å². The number of aromatic amines is 1. The number of aryl methyl sites for hydroxylation is 1. The lowest BCUT2D eigenvalue weighted by atomic mass is 9.98. The van der Waals surface area contributed by atoms with Crippen LogP contribution < -0.4 is 10.6 Å². The molecule has 2 aliphatic heterocycles. The van der Waals surface area contributed by atoms with Crippen molar-refractivity contribution in [3.05, 3.63) is 36.0 Å². The average molecular weight is 568 g/mol. The van der Waals surface area contributed by atoms with Crippen molar-refractivity contribution in [3.8, 4) is 0 Å². The fourth-order valence-corrected chi connectivity index (χ4v) is 5.12. The van der Waals surface area contributed by atoms with Gasteiger partial charge in [-0.1, -0.05) is 18.2 Å². The van der Waals surface area contributed by atoms with Crippen LogP contribution in [-0.2, 0) is 11.2 Å². The van der Waals surface area contributed by atoms with Crippen molar-refractivity contribution in [3.63, 3.8) is 0 Å². The van der Waals surface area contributed by atoms with Crippen molar-refractivity contribution >= 4 is 46.9 Å². The minimum atomic E-state index is -0.454. The van der Waals surface area contributed by atoms with E-state index in [0.29, 0.717) is 6.04 Å². The number of amides is 1. The molecule has 2 saturated heterocycles. The van der Waals surface area contributed by atoms with Crippen LogP contribution >= 0.6 is 24.0 Å². The Kier molecular flexibility index (Phi) is 8.53. The number of aromatic nitrogens is 1. The fraction of sp³-hybridized carbons (Fsp3) is 0.600. The molecule has 0 spiro atoms. The van der Waals surface area contributed by atoms with Gasteiger partial charge in [-0.3, -0.25) is 4.99 Å². The number of aliphatic imine (C=N–C) groups is 1. The van der Waals surface area contributed by atoms with E-state index in [1.54, 1.807) is 0 Å². The third kappa shape index (κ3) is 6.33. The zero-order valence-electron chi connectivity index (χ0n) is 20.2. The van der Waals surface area contributed by atoms with Gasteiger partial charge >= 0.3 is 6.09 Å². The van der Waals surface area contributed by atoms with Crippen molar-refractivity contribution in [2.24, 2.45) is 4.99 Å². The molecule has 2 aliphatic rings. The van der Waals surface area contributed by atoms with E-state index in [9.17, 15) is 4.79 Å². The van der Waals surface area contributed by atoms with E-state index >= 15 is 0 Å². The zero-order valence-corrected chi connectivity index (χ0v) is 22.5. The molecule has 2 aromatic rings. The predicted octanol–water partition coefficient (Wildman–Crippen LogP) is 4.81. The zero-order chi connectivity index (χ0) is 22.7. The van der Waals surface area contributed by atoms with E-state index < -0.39 is 5.60 Å². The van der Waals surface area contributed by atoms with Crippen LogP contribution in [-0.4, -0.2) is 59.3 Å². The highest BCUT2D eigenvalue weighted by molar-refractivity contribution is 14.0. The summed E-state index contributed by atoms with van der Waals surface area (Å²) in [6, 6.07) is 9.26. The number of rotatable bonds is 5. The van der Waals surface area contributed by atoms with Crippen molar-refractivity contribution in [2.75, 3.05) is 13.6 Å². The molecule has 4 rings (SSSR count). The molecule has 2 fully saturated rings. The molecule has 1 aromatic carbocycles. The monoisotopic (exact) mass is 567 g/mol. The molecular weight excluding hydrogens is 529 g/mol. The minimum Gasteiger partial charge on any atom is -0.444 e. The lowest BCUT2D eigenvalue weighted by molar-refractivity contribution is 0.00545. The van der Waals surface area contributed by atoms with Crippen LogP contribution in [0.1, 0.15) is 58.4 Å². The topological polar surface area (TPSA) is 81.8 Å². The lowest BCUT2D eigenvalue weighted by Gasteiger charge is -2.40. The Morgan fingerprint density at radius 2 is 1.91 bits per heavy atom. The standard InChI is InChI=1S/C25H37N5O2.HI/c1-25(2,3)32-24(31)30-19-11-12-20(30)15-18(14-19)29-23(26-4)27-13-7-8-17-16-28-22-10-6-5-9-21(17)22;/h5-6,9-10,16,18-20,28H,7-8,11-15H2,1-4H3,(H2,26,27,29);1H. The maximum Gasteiger partial charge on any atom is 0.410 e.